The molecule has 0 radical (unpaired) electrons. The molecule has 5 rings (SSSR count). The van der Waals surface area contributed by atoms with E-state index in [4.69, 9.17) is 0 Å². The normalized spacial score (nSPS) is 10.2. The lowest BCUT2D eigenvalue weighted by Gasteiger charge is -2.28. The Labute approximate surface area is 205 Å². The van der Waals surface area contributed by atoms with Crippen molar-refractivity contribution in [2.45, 2.75) is 0 Å². The van der Waals surface area contributed by atoms with E-state index in [2.05, 4.69) is 53.4 Å². The first-order valence-corrected chi connectivity index (χ1v) is 11.3. The first kappa shape index (κ1) is 21.7. The second-order valence-electron chi connectivity index (χ2n) is 8.09. The monoisotopic (exact) mass is 447 g/mol. The fourth-order valence-electron chi connectivity index (χ4n) is 4.32. The Bertz CT molecular complexity index is 1520. The largest absolute Gasteiger partial charge is 0.310 e. The Morgan fingerprint density at radius 2 is 1.06 bits per heavy atom. The third-order valence-electron chi connectivity index (χ3n) is 5.92. The molecule has 35 heavy (non-hydrogen) atoms. The van der Waals surface area contributed by atoms with Gasteiger partial charge in [0, 0.05) is 16.9 Å². The van der Waals surface area contributed by atoms with Crippen LogP contribution in [0, 0.1) is 22.7 Å². The van der Waals surface area contributed by atoms with E-state index in [1.54, 1.807) is 6.07 Å². The molecule has 0 N–H and O–H groups in total. The third kappa shape index (κ3) is 4.40. The fourth-order valence-corrected chi connectivity index (χ4v) is 4.32. The number of anilines is 3. The summed E-state index contributed by atoms with van der Waals surface area (Å²) in [6.45, 7) is 0. The minimum Gasteiger partial charge on any atom is -0.310 e. The molecule has 0 aromatic heterocycles. The van der Waals surface area contributed by atoms with Gasteiger partial charge in [-0.25, -0.2) is 0 Å². The number of nitrogens with zero attached hydrogens (tertiary/aromatic N) is 3. The van der Waals surface area contributed by atoms with E-state index in [1.165, 1.54) is 0 Å². The summed E-state index contributed by atoms with van der Waals surface area (Å²) >= 11 is 0. The summed E-state index contributed by atoms with van der Waals surface area (Å²) in [6.07, 6.45) is 0. The van der Waals surface area contributed by atoms with Gasteiger partial charge in [-0.15, -0.1) is 0 Å². The third-order valence-corrected chi connectivity index (χ3v) is 5.92. The van der Waals surface area contributed by atoms with Gasteiger partial charge in [0.05, 0.1) is 29.0 Å². The summed E-state index contributed by atoms with van der Waals surface area (Å²) in [5.74, 6) is 0. The molecule has 0 fully saturated rings. The van der Waals surface area contributed by atoms with Crippen molar-refractivity contribution in [3.8, 4) is 34.4 Å². The van der Waals surface area contributed by atoms with Crippen LogP contribution in [0.2, 0.25) is 0 Å². The molecule has 0 saturated heterocycles. The molecule has 3 nitrogen and oxygen atoms in total. The first-order valence-electron chi connectivity index (χ1n) is 11.3. The Kier molecular flexibility index (Phi) is 6.07. The van der Waals surface area contributed by atoms with Gasteiger partial charge in [-0.05, 0) is 71.3 Å². The van der Waals surface area contributed by atoms with Crippen molar-refractivity contribution in [2.24, 2.45) is 0 Å². The van der Waals surface area contributed by atoms with Crippen molar-refractivity contribution in [3.63, 3.8) is 0 Å². The molecule has 164 valence electrons. The van der Waals surface area contributed by atoms with Gasteiger partial charge >= 0.3 is 0 Å². The highest BCUT2D eigenvalue weighted by Gasteiger charge is 2.19. The van der Waals surface area contributed by atoms with Gasteiger partial charge in [-0.1, -0.05) is 72.8 Å². The molecular formula is C32H21N3. The van der Waals surface area contributed by atoms with Gasteiger partial charge in [-0.2, -0.15) is 10.5 Å². The maximum atomic E-state index is 9.60. The van der Waals surface area contributed by atoms with Crippen LogP contribution in [0.3, 0.4) is 0 Å². The van der Waals surface area contributed by atoms with Crippen LogP contribution in [0.4, 0.5) is 17.1 Å². The highest BCUT2D eigenvalue weighted by Crippen LogP contribution is 2.43. The quantitative estimate of drug-likeness (QED) is 0.273. The number of hydrogen-bond acceptors (Lipinski definition) is 3. The number of para-hydroxylation sites is 3. The summed E-state index contributed by atoms with van der Waals surface area (Å²) in [5, 5.41) is 19.1. The molecule has 0 aliphatic rings. The second kappa shape index (κ2) is 9.79. The van der Waals surface area contributed by atoms with Crippen LogP contribution in [0.15, 0.2) is 127 Å². The van der Waals surface area contributed by atoms with Gasteiger partial charge in [0.25, 0.3) is 0 Å². The molecule has 3 heteroatoms. The van der Waals surface area contributed by atoms with E-state index in [9.17, 15) is 10.5 Å². The van der Waals surface area contributed by atoms with Gasteiger partial charge in [0.2, 0.25) is 0 Å². The van der Waals surface area contributed by atoms with Crippen molar-refractivity contribution in [3.05, 3.63) is 139 Å². The van der Waals surface area contributed by atoms with Gasteiger partial charge in [0.1, 0.15) is 0 Å². The SMILES string of the molecule is N#Cc1cccc(-c2cc(C#N)ccc2-c2ccccc2N(c2ccccc2)c2ccccc2)c1. The lowest BCUT2D eigenvalue weighted by atomic mass is 9.91. The van der Waals surface area contributed by atoms with Crippen LogP contribution in [0.25, 0.3) is 22.3 Å². The molecule has 0 aliphatic heterocycles. The molecule has 0 aliphatic carbocycles. The minimum atomic E-state index is 0.576. The van der Waals surface area contributed by atoms with Crippen molar-refractivity contribution in [1.82, 2.24) is 0 Å². The highest BCUT2D eigenvalue weighted by atomic mass is 15.1. The lowest BCUT2D eigenvalue weighted by molar-refractivity contribution is 1.28. The van der Waals surface area contributed by atoms with Crippen molar-refractivity contribution >= 4 is 17.1 Å². The average molecular weight is 448 g/mol. The van der Waals surface area contributed by atoms with Crippen molar-refractivity contribution in [2.75, 3.05) is 4.90 Å². The Hall–Kier alpha value is -5.12. The molecule has 0 unspecified atom stereocenters. The lowest BCUT2D eigenvalue weighted by Crippen LogP contribution is -2.11. The molecule has 5 aromatic rings. The van der Waals surface area contributed by atoms with E-state index in [0.29, 0.717) is 11.1 Å². The van der Waals surface area contributed by atoms with Crippen molar-refractivity contribution in [1.29, 1.82) is 10.5 Å². The van der Waals surface area contributed by atoms with Crippen LogP contribution in [0.1, 0.15) is 11.1 Å². The standard InChI is InChI=1S/C32H21N3/c33-22-24-10-9-11-26(20-24)31-21-25(23-34)18-19-29(31)30-16-7-8-17-32(30)35(27-12-3-1-4-13-27)28-14-5-2-6-15-28/h1-21H. The molecule has 0 saturated carbocycles. The van der Waals surface area contributed by atoms with Crippen LogP contribution in [-0.2, 0) is 0 Å². The Morgan fingerprint density at radius 1 is 0.457 bits per heavy atom. The Morgan fingerprint density at radius 3 is 1.71 bits per heavy atom. The predicted molar refractivity (Wildman–Crippen MR) is 141 cm³/mol. The topological polar surface area (TPSA) is 50.8 Å². The second-order valence-corrected chi connectivity index (χ2v) is 8.09. The van der Waals surface area contributed by atoms with Gasteiger partial charge in [-0.3, -0.25) is 0 Å². The summed E-state index contributed by atoms with van der Waals surface area (Å²) in [7, 11) is 0. The zero-order valence-electron chi connectivity index (χ0n) is 19.0. The molecule has 0 bridgehead atoms. The summed E-state index contributed by atoms with van der Waals surface area (Å²) in [5.41, 5.74) is 8.11. The summed E-state index contributed by atoms with van der Waals surface area (Å²) in [4.78, 5) is 2.24. The maximum absolute atomic E-state index is 9.60. The summed E-state index contributed by atoms with van der Waals surface area (Å²) < 4.78 is 0. The van der Waals surface area contributed by atoms with Crippen LogP contribution >= 0.6 is 0 Å². The van der Waals surface area contributed by atoms with Crippen molar-refractivity contribution < 1.29 is 0 Å². The highest BCUT2D eigenvalue weighted by molar-refractivity contribution is 5.94. The van der Waals surface area contributed by atoms with Crippen LogP contribution < -0.4 is 4.90 Å². The van der Waals surface area contributed by atoms with E-state index < -0.39 is 0 Å². The van der Waals surface area contributed by atoms with E-state index in [0.717, 1.165) is 39.3 Å². The number of benzene rings is 5. The zero-order valence-corrected chi connectivity index (χ0v) is 19.0. The van der Waals surface area contributed by atoms with E-state index in [-0.39, 0.29) is 0 Å². The number of hydrogen-bond donors (Lipinski definition) is 0. The number of rotatable bonds is 5. The number of nitriles is 2. The fraction of sp³-hybridized carbons (Fsp3) is 0. The summed E-state index contributed by atoms with van der Waals surface area (Å²) in [6, 6.07) is 46.6. The molecule has 0 atom stereocenters. The molecule has 0 spiro atoms. The first-order chi connectivity index (χ1) is 17.3. The molecule has 5 aromatic carbocycles. The minimum absolute atomic E-state index is 0.576. The van der Waals surface area contributed by atoms with Gasteiger partial charge < -0.3 is 4.90 Å². The van der Waals surface area contributed by atoms with Gasteiger partial charge in [0.15, 0.2) is 0 Å². The van der Waals surface area contributed by atoms with Crippen LogP contribution in [-0.4, -0.2) is 0 Å². The predicted octanol–water partition coefficient (Wildman–Crippen LogP) is 8.23. The van der Waals surface area contributed by atoms with E-state index >= 15 is 0 Å². The average Bonchev–Trinajstić information content (AvgIpc) is 2.94. The molecular weight excluding hydrogens is 426 g/mol. The Balaban J connectivity index is 1.77. The molecule has 0 heterocycles. The van der Waals surface area contributed by atoms with Crippen LogP contribution in [0.5, 0.6) is 0 Å². The smallest absolute Gasteiger partial charge is 0.0991 e. The van der Waals surface area contributed by atoms with E-state index in [1.807, 2.05) is 84.9 Å². The zero-order chi connectivity index (χ0) is 24.0. The maximum Gasteiger partial charge on any atom is 0.0991 e. The molecule has 0 amide bonds.